The van der Waals surface area contributed by atoms with Crippen molar-refractivity contribution in [2.24, 2.45) is 0 Å². The van der Waals surface area contributed by atoms with E-state index in [0.29, 0.717) is 0 Å². The zero-order valence-electron chi connectivity index (χ0n) is 61.9. The Hall–Kier alpha value is -6.50. The second-order valence-electron chi connectivity index (χ2n) is 21.8. The van der Waals surface area contributed by atoms with E-state index in [1.807, 2.05) is 0 Å². The summed E-state index contributed by atoms with van der Waals surface area (Å²) in [7, 11) is 0. The molecule has 0 aliphatic carbocycles. The van der Waals surface area contributed by atoms with Crippen molar-refractivity contribution in [3.8, 4) is 5.69 Å². The second-order valence-corrected chi connectivity index (χ2v) is 22.8. The maximum absolute atomic E-state index is 10.6. The number of fused-ring (bicyclic) bond motifs is 11. The number of thiophene rings is 1. The second kappa shape index (κ2) is 14.5. The molecule has 0 fully saturated rings. The van der Waals surface area contributed by atoms with Gasteiger partial charge in [-0.2, -0.15) is 0 Å². The summed E-state index contributed by atoms with van der Waals surface area (Å²) in [5.74, 6) is 0. The molecule has 10 aromatic rings. The molecular weight excluding hydrogens is 846 g/mol. The molecule has 5 heterocycles. The van der Waals surface area contributed by atoms with Crippen molar-refractivity contribution < 1.29 is 34.6 Å². The van der Waals surface area contributed by atoms with E-state index in [9.17, 15) is 23.3 Å². The monoisotopic (exact) mass is 928 g/mol. The van der Waals surface area contributed by atoms with Crippen LogP contribution in [-0.2, 0) is 21.7 Å². The lowest BCUT2D eigenvalue weighted by Gasteiger charge is -2.44. The Bertz CT molecular complexity index is 4930. The summed E-state index contributed by atoms with van der Waals surface area (Å²) >= 11 is 0.928. The lowest BCUT2D eigenvalue weighted by atomic mass is 9.33. The number of para-hydroxylation sites is 2. The fraction of sp³-hybridized carbons (Fsp3) is 0.258. The van der Waals surface area contributed by atoms with Gasteiger partial charge in [-0.1, -0.05) is 156 Å². The Morgan fingerprint density at radius 2 is 1.01 bits per heavy atom. The van der Waals surface area contributed by atoms with Crippen LogP contribution in [0.1, 0.15) is 135 Å². The van der Waals surface area contributed by atoms with Gasteiger partial charge < -0.3 is 18.8 Å². The first kappa shape index (κ1) is 25.2. The number of nitrogens with zero attached hydrogens (tertiary/aromatic N) is 3. The Morgan fingerprint density at radius 3 is 1.65 bits per heavy atom. The highest BCUT2D eigenvalue weighted by Crippen LogP contribution is 2.51. The molecule has 7 aromatic carbocycles. The highest BCUT2D eigenvalue weighted by molar-refractivity contribution is 7.26. The number of furan rings is 1. The van der Waals surface area contributed by atoms with E-state index >= 15 is 0 Å². The van der Waals surface area contributed by atoms with Crippen LogP contribution in [0.3, 0.4) is 0 Å². The minimum absolute atomic E-state index is 0.0129. The summed E-state index contributed by atoms with van der Waals surface area (Å²) in [4.78, 5) is 2.69. The van der Waals surface area contributed by atoms with Crippen LogP contribution in [0.2, 0.25) is 0 Å². The number of hydrogen-bond acceptors (Lipinski definition) is 4. The molecule has 12 rings (SSSR count). The summed E-state index contributed by atoms with van der Waals surface area (Å²) in [6, 6.07) is -8.66. The van der Waals surface area contributed by atoms with Gasteiger partial charge in [-0.05, 0) is 138 Å². The third-order valence-corrected chi connectivity index (χ3v) is 13.9. The van der Waals surface area contributed by atoms with E-state index < -0.39 is 149 Å². The molecule has 0 radical (unpaired) electrons. The van der Waals surface area contributed by atoms with Crippen LogP contribution in [0.25, 0.3) is 48.7 Å². The van der Waals surface area contributed by atoms with E-state index in [1.54, 1.807) is 83.1 Å². The third-order valence-electron chi connectivity index (χ3n) is 12.8. The zero-order chi connectivity index (χ0) is 66.5. The standard InChI is InChI=1S/C62H60BN3OS/c1-59(2,3)37-21-27-41(28-22-37)64-49-33-39(61(7,8)9)26-32-47(49)63-54-46-31-25-40(62(10,11)12)34-53(46)68-58(54)66(42-29-23-38(24-30-42)60(4,5)6)51-36-43(35-50(64)55(51)63)65-48-19-15-13-17-44(48)57-56(65)45-18-14-16-20-52(45)67-57/h13-36H,1-12H3/i13D,14D,15D,16D,17D,18D,19D,20D,21D,22D,23D,24D,25D,26D,27D,28D,29D,30D,31D,32D,33D,34D. The highest BCUT2D eigenvalue weighted by atomic mass is 32.1. The first-order valence-corrected chi connectivity index (χ1v) is 23.4. The SMILES string of the molecule is [2H]c1c([2H])c(C(C)(C)C)c([2H])c2c1B1c3c(cc(-n4c5c([2H])c([2H])c([2H])c([2H])c5c5oc6c([2H])c([2H])c([2H])c([2H])c6c54)cc3N2c2c([2H])c([2H])c(C(C)(C)C)c([2H])c2[2H])N(c2c([2H])c([2H])c(C(C)(C)C)c([2H])c2[2H])c2sc3c([2H])c(C(C)(C)C)c([2H])c([2H])c3c21. The summed E-state index contributed by atoms with van der Waals surface area (Å²) in [6.45, 7) is 19.5. The first-order valence-electron chi connectivity index (χ1n) is 33.6. The van der Waals surface area contributed by atoms with Crippen molar-refractivity contribution in [1.82, 2.24) is 4.57 Å². The van der Waals surface area contributed by atoms with Crippen molar-refractivity contribution >= 4 is 111 Å². The molecule has 2 aliphatic rings. The van der Waals surface area contributed by atoms with Crippen molar-refractivity contribution in [1.29, 1.82) is 0 Å². The lowest BCUT2D eigenvalue weighted by Crippen LogP contribution is -2.61. The van der Waals surface area contributed by atoms with Crippen LogP contribution in [0.15, 0.2) is 149 Å². The molecule has 0 spiro atoms. The quantitative estimate of drug-likeness (QED) is 0.165. The molecule has 0 saturated heterocycles. The summed E-state index contributed by atoms with van der Waals surface area (Å²) in [6.07, 6.45) is 0. The number of anilines is 6. The van der Waals surface area contributed by atoms with E-state index in [2.05, 4.69) is 0 Å². The van der Waals surface area contributed by atoms with Gasteiger partial charge in [-0.15, -0.1) is 11.3 Å². The molecular formula is C62H60BN3OS. The molecule has 3 aromatic heterocycles. The topological polar surface area (TPSA) is 24.6 Å². The van der Waals surface area contributed by atoms with Gasteiger partial charge in [0.25, 0.3) is 6.71 Å². The lowest BCUT2D eigenvalue weighted by molar-refractivity contribution is 0.590. The minimum atomic E-state index is -1.47. The molecule has 0 unspecified atom stereocenters. The smallest absolute Gasteiger partial charge is 0.254 e. The van der Waals surface area contributed by atoms with Crippen LogP contribution in [0, 0.1) is 0 Å². The van der Waals surface area contributed by atoms with Crippen molar-refractivity contribution in [3.63, 3.8) is 0 Å². The van der Waals surface area contributed by atoms with Gasteiger partial charge in [0.2, 0.25) is 0 Å². The average Bonchev–Trinajstić information content (AvgIpc) is 1.23. The van der Waals surface area contributed by atoms with Crippen molar-refractivity contribution in [2.75, 3.05) is 9.80 Å². The molecule has 0 N–H and O–H groups in total. The van der Waals surface area contributed by atoms with Gasteiger partial charge in [0.1, 0.15) is 11.1 Å². The molecule has 0 saturated carbocycles. The number of rotatable bonds is 3. The van der Waals surface area contributed by atoms with E-state index in [0.717, 1.165) is 11.3 Å². The van der Waals surface area contributed by atoms with Gasteiger partial charge in [0, 0.05) is 43.9 Å². The summed E-state index contributed by atoms with van der Waals surface area (Å²) in [5.41, 5.74) is -6.22. The number of hydrogen-bond donors (Lipinski definition) is 0. The summed E-state index contributed by atoms with van der Waals surface area (Å²) < 4.78 is 221. The Kier molecular flexibility index (Phi) is 5.38. The van der Waals surface area contributed by atoms with Crippen LogP contribution >= 0.6 is 11.3 Å². The Balaban J connectivity index is 1.44. The van der Waals surface area contributed by atoms with Crippen molar-refractivity contribution in [2.45, 2.75) is 105 Å². The molecule has 4 nitrogen and oxygen atoms in total. The van der Waals surface area contributed by atoms with Crippen LogP contribution in [-0.4, -0.2) is 11.3 Å². The van der Waals surface area contributed by atoms with Crippen LogP contribution < -0.4 is 26.2 Å². The first-order chi connectivity index (χ1) is 41.5. The largest absolute Gasteiger partial charge is 0.454 e. The summed E-state index contributed by atoms with van der Waals surface area (Å²) in [5, 5.41) is -0.458. The third kappa shape index (κ3) is 6.46. The fourth-order valence-corrected chi connectivity index (χ4v) is 10.4. The molecule has 338 valence electrons. The highest BCUT2D eigenvalue weighted by Gasteiger charge is 2.46. The normalized spacial score (nSPS) is 18.6. The van der Waals surface area contributed by atoms with Crippen LogP contribution in [0.5, 0.6) is 0 Å². The predicted octanol–water partition coefficient (Wildman–Crippen LogP) is 16.0. The average molecular weight is 928 g/mol. The number of benzene rings is 7. The van der Waals surface area contributed by atoms with Gasteiger partial charge in [-0.25, -0.2) is 0 Å². The zero-order valence-corrected chi connectivity index (χ0v) is 40.7. The van der Waals surface area contributed by atoms with Gasteiger partial charge >= 0.3 is 0 Å². The fourth-order valence-electron chi connectivity index (χ4n) is 9.19. The molecule has 0 bridgehead atoms. The molecule has 0 amide bonds. The molecule has 6 heteroatoms. The maximum Gasteiger partial charge on any atom is 0.254 e. The van der Waals surface area contributed by atoms with Gasteiger partial charge in [0.15, 0.2) is 5.58 Å². The van der Waals surface area contributed by atoms with Crippen LogP contribution in [0.4, 0.5) is 33.4 Å². The Labute approximate surface area is 436 Å². The van der Waals surface area contributed by atoms with E-state index in [4.69, 9.17) is 11.3 Å². The Morgan fingerprint density at radius 1 is 0.485 bits per heavy atom. The van der Waals surface area contributed by atoms with Gasteiger partial charge in [-0.3, -0.25) is 0 Å². The van der Waals surface area contributed by atoms with E-state index in [-0.39, 0.29) is 133 Å². The number of aromatic nitrogens is 1. The van der Waals surface area contributed by atoms with E-state index in [1.165, 1.54) is 26.5 Å². The van der Waals surface area contributed by atoms with Crippen molar-refractivity contribution in [3.05, 3.63) is 167 Å². The molecule has 0 atom stereocenters. The predicted molar refractivity (Wildman–Crippen MR) is 295 cm³/mol. The molecule has 68 heavy (non-hydrogen) atoms. The molecule has 2 aliphatic heterocycles. The minimum Gasteiger partial charge on any atom is -0.454 e. The maximum atomic E-state index is 10.6. The van der Waals surface area contributed by atoms with Gasteiger partial charge in [0.05, 0.1) is 46.4 Å².